The highest BCUT2D eigenvalue weighted by Crippen LogP contribution is 2.17. The zero-order valence-corrected chi connectivity index (χ0v) is 11.4. The number of hydrogen-bond acceptors (Lipinski definition) is 5. The number of nitrogens with zero attached hydrogens (tertiary/aromatic N) is 3. The number of para-hydroxylation sites is 1. The van der Waals surface area contributed by atoms with E-state index in [1.165, 1.54) is 12.4 Å². The summed E-state index contributed by atoms with van der Waals surface area (Å²) < 4.78 is 0. The van der Waals surface area contributed by atoms with Crippen molar-refractivity contribution in [2.45, 2.75) is 6.54 Å². The van der Waals surface area contributed by atoms with Gasteiger partial charge in [0.2, 0.25) is 11.9 Å². The van der Waals surface area contributed by atoms with Gasteiger partial charge in [0.1, 0.15) is 0 Å². The summed E-state index contributed by atoms with van der Waals surface area (Å²) in [7, 11) is 0. The molecule has 20 heavy (non-hydrogen) atoms. The molecule has 2 rings (SSSR count). The molecule has 0 atom stereocenters. The minimum Gasteiger partial charge on any atom is -0.398 e. The molecule has 1 aromatic heterocycles. The van der Waals surface area contributed by atoms with Crippen LogP contribution in [0.5, 0.6) is 0 Å². The topological polar surface area (TPSA) is 98.1 Å². The molecular formula is C13H14ClN5O. The first-order valence-electron chi connectivity index (χ1n) is 5.90. The number of aromatic nitrogens is 2. The summed E-state index contributed by atoms with van der Waals surface area (Å²) in [5.74, 6) is -0.102. The monoisotopic (exact) mass is 291 g/mol. The molecule has 0 aliphatic heterocycles. The maximum absolute atomic E-state index is 11.2. The Hall–Kier alpha value is -2.34. The molecule has 1 heterocycles. The summed E-state index contributed by atoms with van der Waals surface area (Å²) in [5.41, 5.74) is 12.7. The third kappa shape index (κ3) is 3.58. The number of hydrogen-bond donors (Lipinski definition) is 2. The minimum absolute atomic E-state index is 0.00400. The molecule has 1 aromatic carbocycles. The Morgan fingerprint density at radius 1 is 1.25 bits per heavy atom. The summed E-state index contributed by atoms with van der Waals surface area (Å²) >= 11 is 5.75. The number of rotatable bonds is 5. The summed E-state index contributed by atoms with van der Waals surface area (Å²) in [6.07, 6.45) is 2.93. The first-order chi connectivity index (χ1) is 9.56. The molecule has 0 saturated carbocycles. The van der Waals surface area contributed by atoms with Crippen LogP contribution in [0, 0.1) is 0 Å². The zero-order valence-electron chi connectivity index (χ0n) is 10.7. The molecule has 7 heteroatoms. The van der Waals surface area contributed by atoms with Crippen LogP contribution in [0.15, 0.2) is 36.7 Å². The summed E-state index contributed by atoms with van der Waals surface area (Å²) in [4.78, 5) is 21.0. The van der Waals surface area contributed by atoms with Crippen LogP contribution in [0.2, 0.25) is 5.02 Å². The number of nitrogens with two attached hydrogens (primary N) is 2. The lowest BCUT2D eigenvalue weighted by molar-refractivity contribution is -0.116. The predicted molar refractivity (Wildman–Crippen MR) is 78.1 cm³/mol. The normalized spacial score (nSPS) is 10.2. The molecule has 6 nitrogen and oxygen atoms in total. The van der Waals surface area contributed by atoms with Crippen LogP contribution in [0.3, 0.4) is 0 Å². The summed E-state index contributed by atoms with van der Waals surface area (Å²) in [6.45, 7) is 0.382. The van der Waals surface area contributed by atoms with E-state index in [0.717, 1.165) is 5.56 Å². The van der Waals surface area contributed by atoms with Gasteiger partial charge >= 0.3 is 0 Å². The van der Waals surface area contributed by atoms with Crippen molar-refractivity contribution in [2.24, 2.45) is 5.73 Å². The van der Waals surface area contributed by atoms with Gasteiger partial charge in [-0.1, -0.05) is 29.8 Å². The van der Waals surface area contributed by atoms with Gasteiger partial charge in [-0.15, -0.1) is 0 Å². The number of carbonyl (C=O) groups excluding carboxylic acids is 1. The number of benzene rings is 1. The van der Waals surface area contributed by atoms with Crippen LogP contribution in [-0.4, -0.2) is 22.4 Å². The summed E-state index contributed by atoms with van der Waals surface area (Å²) in [5, 5.41) is 0.423. The van der Waals surface area contributed by atoms with E-state index < -0.39 is 5.91 Å². The Bertz CT molecular complexity index is 602. The lowest BCUT2D eigenvalue weighted by Crippen LogP contribution is -2.34. The molecular weight excluding hydrogens is 278 g/mol. The fourth-order valence-electron chi connectivity index (χ4n) is 1.74. The fourth-order valence-corrected chi connectivity index (χ4v) is 1.84. The molecule has 0 bridgehead atoms. The SMILES string of the molecule is NC(=O)CN(Cc1ccccc1N)c1ncc(Cl)cn1. The maximum atomic E-state index is 11.2. The molecule has 4 N–H and O–H groups in total. The van der Waals surface area contributed by atoms with Crippen LogP contribution in [0.1, 0.15) is 5.56 Å². The quantitative estimate of drug-likeness (QED) is 0.807. The fraction of sp³-hybridized carbons (Fsp3) is 0.154. The van der Waals surface area contributed by atoms with E-state index in [1.807, 2.05) is 18.2 Å². The Morgan fingerprint density at radius 3 is 2.50 bits per heavy atom. The van der Waals surface area contributed by atoms with Crippen LogP contribution in [-0.2, 0) is 11.3 Å². The number of halogens is 1. The lowest BCUT2D eigenvalue weighted by Gasteiger charge is -2.21. The van der Waals surface area contributed by atoms with Gasteiger partial charge in [0, 0.05) is 12.2 Å². The van der Waals surface area contributed by atoms with E-state index in [9.17, 15) is 4.79 Å². The van der Waals surface area contributed by atoms with Crippen LogP contribution < -0.4 is 16.4 Å². The third-order valence-electron chi connectivity index (χ3n) is 2.65. The minimum atomic E-state index is -0.474. The van der Waals surface area contributed by atoms with Crippen molar-refractivity contribution in [3.05, 3.63) is 47.2 Å². The number of amides is 1. The number of nitrogen functional groups attached to an aromatic ring is 1. The second-order valence-corrected chi connectivity index (χ2v) is 4.66. The van der Waals surface area contributed by atoms with Crippen molar-refractivity contribution in [1.82, 2.24) is 9.97 Å². The molecule has 0 aliphatic rings. The highest BCUT2D eigenvalue weighted by atomic mass is 35.5. The number of primary amides is 1. The van der Waals surface area contributed by atoms with E-state index in [-0.39, 0.29) is 6.54 Å². The molecule has 0 fully saturated rings. The van der Waals surface area contributed by atoms with E-state index in [0.29, 0.717) is 23.2 Å². The van der Waals surface area contributed by atoms with Crippen molar-refractivity contribution >= 4 is 29.1 Å². The molecule has 2 aromatic rings. The molecule has 0 aliphatic carbocycles. The highest BCUT2D eigenvalue weighted by Gasteiger charge is 2.14. The number of anilines is 2. The maximum Gasteiger partial charge on any atom is 0.237 e. The van der Waals surface area contributed by atoms with E-state index in [4.69, 9.17) is 23.1 Å². The van der Waals surface area contributed by atoms with Crippen molar-refractivity contribution in [3.8, 4) is 0 Å². The second-order valence-electron chi connectivity index (χ2n) is 4.22. The van der Waals surface area contributed by atoms with Gasteiger partial charge in [0.25, 0.3) is 0 Å². The Kier molecular flexibility index (Phi) is 4.37. The van der Waals surface area contributed by atoms with E-state index >= 15 is 0 Å². The van der Waals surface area contributed by atoms with Gasteiger partial charge in [0.05, 0.1) is 24.0 Å². The van der Waals surface area contributed by atoms with Gasteiger partial charge in [-0.3, -0.25) is 4.79 Å². The number of carbonyl (C=O) groups is 1. The van der Waals surface area contributed by atoms with Crippen LogP contribution >= 0.6 is 11.6 Å². The molecule has 104 valence electrons. The van der Waals surface area contributed by atoms with Gasteiger partial charge in [0.15, 0.2) is 0 Å². The van der Waals surface area contributed by atoms with Crippen molar-refractivity contribution in [3.63, 3.8) is 0 Å². The van der Waals surface area contributed by atoms with E-state index in [2.05, 4.69) is 9.97 Å². The van der Waals surface area contributed by atoms with Crippen molar-refractivity contribution in [2.75, 3.05) is 17.2 Å². The smallest absolute Gasteiger partial charge is 0.237 e. The van der Waals surface area contributed by atoms with Crippen LogP contribution in [0.25, 0.3) is 0 Å². The third-order valence-corrected chi connectivity index (χ3v) is 2.85. The van der Waals surface area contributed by atoms with Gasteiger partial charge in [-0.2, -0.15) is 0 Å². The van der Waals surface area contributed by atoms with Gasteiger partial charge in [-0.25, -0.2) is 9.97 Å². The molecule has 0 radical (unpaired) electrons. The first kappa shape index (κ1) is 14.1. The second kappa shape index (κ2) is 6.21. The van der Waals surface area contributed by atoms with Crippen LogP contribution in [0.4, 0.5) is 11.6 Å². The zero-order chi connectivity index (χ0) is 14.5. The molecule has 1 amide bonds. The largest absolute Gasteiger partial charge is 0.398 e. The molecule has 0 unspecified atom stereocenters. The molecule has 0 saturated heterocycles. The average Bonchev–Trinajstić information content (AvgIpc) is 2.41. The van der Waals surface area contributed by atoms with Gasteiger partial charge < -0.3 is 16.4 Å². The Labute approximate surface area is 121 Å². The van der Waals surface area contributed by atoms with Gasteiger partial charge in [-0.05, 0) is 11.6 Å². The Balaban J connectivity index is 2.26. The standard InChI is InChI=1S/C13H14ClN5O/c14-10-5-17-13(18-6-10)19(8-12(16)20)7-9-3-1-2-4-11(9)15/h1-6H,7-8,15H2,(H2,16,20). The Morgan fingerprint density at radius 2 is 1.90 bits per heavy atom. The molecule has 0 spiro atoms. The van der Waals surface area contributed by atoms with Crippen molar-refractivity contribution in [1.29, 1.82) is 0 Å². The highest BCUT2D eigenvalue weighted by molar-refractivity contribution is 6.30. The predicted octanol–water partition coefficient (Wildman–Crippen LogP) is 1.20. The van der Waals surface area contributed by atoms with Crippen molar-refractivity contribution < 1.29 is 4.79 Å². The lowest BCUT2D eigenvalue weighted by atomic mass is 10.1. The van der Waals surface area contributed by atoms with E-state index in [1.54, 1.807) is 11.0 Å². The first-order valence-corrected chi connectivity index (χ1v) is 6.28. The summed E-state index contributed by atoms with van der Waals surface area (Å²) in [6, 6.07) is 7.38. The average molecular weight is 292 g/mol.